The van der Waals surface area contributed by atoms with Gasteiger partial charge in [-0.2, -0.15) is 10.4 Å². The summed E-state index contributed by atoms with van der Waals surface area (Å²) in [6, 6.07) is 14.1. The lowest BCUT2D eigenvalue weighted by atomic mass is 9.78. The van der Waals surface area contributed by atoms with E-state index in [1.54, 1.807) is 24.2 Å². The number of pyridine rings is 1. The predicted molar refractivity (Wildman–Crippen MR) is 128 cm³/mol. The van der Waals surface area contributed by atoms with Gasteiger partial charge in [-0.05, 0) is 57.4 Å². The van der Waals surface area contributed by atoms with E-state index in [4.69, 9.17) is 9.47 Å². The predicted octanol–water partition coefficient (Wildman–Crippen LogP) is 4.53. The van der Waals surface area contributed by atoms with Crippen molar-refractivity contribution >= 4 is 11.6 Å². The minimum atomic E-state index is -0.242. The summed E-state index contributed by atoms with van der Waals surface area (Å²) in [7, 11) is 1.60. The van der Waals surface area contributed by atoms with Crippen LogP contribution in [0.15, 0.2) is 48.8 Å². The number of ether oxygens (including phenoxy) is 2. The average Bonchev–Trinajstić information content (AvgIpc) is 3.25. The van der Waals surface area contributed by atoms with Crippen LogP contribution in [-0.4, -0.2) is 40.7 Å². The maximum atomic E-state index is 12.9. The monoisotopic (exact) mass is 459 g/mol. The molecule has 0 radical (unpaired) electrons. The number of hydrogen-bond acceptors (Lipinski definition) is 6. The Bertz CT molecular complexity index is 1160. The van der Waals surface area contributed by atoms with Gasteiger partial charge in [0, 0.05) is 24.6 Å². The molecule has 1 saturated carbocycles. The number of aromatic nitrogens is 3. The lowest BCUT2D eigenvalue weighted by Crippen LogP contribution is -2.31. The Kier molecular flexibility index (Phi) is 7.36. The van der Waals surface area contributed by atoms with Crippen LogP contribution in [0.4, 0.5) is 5.69 Å². The lowest BCUT2D eigenvalue weighted by molar-refractivity contribution is -0.0924. The van der Waals surface area contributed by atoms with Gasteiger partial charge in [-0.1, -0.05) is 17.7 Å². The summed E-state index contributed by atoms with van der Waals surface area (Å²) >= 11 is 0. The minimum absolute atomic E-state index is 0.00767. The number of nitrogens with one attached hydrogen (secondary N) is 1. The van der Waals surface area contributed by atoms with Crippen LogP contribution in [0.1, 0.15) is 52.5 Å². The SMILES string of the molecule is COCOC1CCC(C#N)CC1c1ccc(NC(=O)c2cnn(-c3ccc(C)cc3)c2C)cn1. The van der Waals surface area contributed by atoms with Gasteiger partial charge in [-0.25, -0.2) is 4.68 Å². The smallest absolute Gasteiger partial charge is 0.259 e. The summed E-state index contributed by atoms with van der Waals surface area (Å²) in [5.41, 5.74) is 4.77. The fraction of sp³-hybridized carbons (Fsp3) is 0.385. The second-order valence-electron chi connectivity index (χ2n) is 8.67. The summed E-state index contributed by atoms with van der Waals surface area (Å²) in [6.07, 6.45) is 5.47. The highest BCUT2D eigenvalue weighted by molar-refractivity contribution is 6.04. The number of anilines is 1. The Morgan fingerprint density at radius 2 is 1.97 bits per heavy atom. The van der Waals surface area contributed by atoms with Gasteiger partial charge in [-0.3, -0.25) is 9.78 Å². The number of carbonyl (C=O) groups is 1. The summed E-state index contributed by atoms with van der Waals surface area (Å²) in [6.45, 7) is 4.11. The van der Waals surface area contributed by atoms with Gasteiger partial charge >= 0.3 is 0 Å². The Morgan fingerprint density at radius 1 is 1.18 bits per heavy atom. The molecule has 1 amide bonds. The molecule has 3 aromatic rings. The number of rotatable bonds is 7. The third kappa shape index (κ3) is 5.16. The zero-order chi connectivity index (χ0) is 24.1. The molecule has 176 valence electrons. The van der Waals surface area contributed by atoms with Crippen LogP contribution in [0.25, 0.3) is 5.69 Å². The third-order valence-electron chi connectivity index (χ3n) is 6.33. The van der Waals surface area contributed by atoms with Crippen molar-refractivity contribution in [3.8, 4) is 11.8 Å². The van der Waals surface area contributed by atoms with Crippen molar-refractivity contribution in [2.45, 2.75) is 45.1 Å². The molecule has 3 atom stereocenters. The maximum absolute atomic E-state index is 12.9. The maximum Gasteiger partial charge on any atom is 0.259 e. The Balaban J connectivity index is 1.46. The third-order valence-corrected chi connectivity index (χ3v) is 6.33. The molecule has 0 spiro atoms. The fourth-order valence-corrected chi connectivity index (χ4v) is 4.40. The topological polar surface area (TPSA) is 102 Å². The van der Waals surface area contributed by atoms with Crippen LogP contribution < -0.4 is 5.32 Å². The molecule has 1 fully saturated rings. The van der Waals surface area contributed by atoms with Crippen molar-refractivity contribution < 1.29 is 14.3 Å². The quantitative estimate of drug-likeness (QED) is 0.521. The Morgan fingerprint density at radius 3 is 2.65 bits per heavy atom. The highest BCUT2D eigenvalue weighted by Gasteiger charge is 2.33. The number of nitrogens with zero attached hydrogens (tertiary/aromatic N) is 4. The first-order chi connectivity index (χ1) is 16.5. The van der Waals surface area contributed by atoms with Crippen molar-refractivity contribution in [2.75, 3.05) is 19.2 Å². The van der Waals surface area contributed by atoms with Gasteiger partial charge in [0.25, 0.3) is 5.91 Å². The van der Waals surface area contributed by atoms with E-state index < -0.39 is 0 Å². The number of benzene rings is 1. The molecular formula is C26H29N5O3. The number of methoxy groups -OCH3 is 1. The van der Waals surface area contributed by atoms with Crippen molar-refractivity contribution in [1.82, 2.24) is 14.8 Å². The van der Waals surface area contributed by atoms with E-state index in [1.165, 1.54) is 0 Å². The van der Waals surface area contributed by atoms with Gasteiger partial charge in [0.15, 0.2) is 0 Å². The molecular weight excluding hydrogens is 430 g/mol. The van der Waals surface area contributed by atoms with E-state index in [9.17, 15) is 10.1 Å². The van der Waals surface area contributed by atoms with Crippen LogP contribution in [0.2, 0.25) is 0 Å². The van der Waals surface area contributed by atoms with Gasteiger partial charge in [0.2, 0.25) is 0 Å². The number of hydrogen-bond donors (Lipinski definition) is 1. The largest absolute Gasteiger partial charge is 0.359 e. The molecule has 1 N–H and O–H groups in total. The zero-order valence-electron chi connectivity index (χ0n) is 19.7. The van der Waals surface area contributed by atoms with Gasteiger partial charge in [-0.15, -0.1) is 0 Å². The molecule has 8 nitrogen and oxygen atoms in total. The molecule has 1 aromatic carbocycles. The number of nitriles is 1. The summed E-state index contributed by atoms with van der Waals surface area (Å²) in [4.78, 5) is 17.5. The Labute approximate surface area is 199 Å². The highest BCUT2D eigenvalue weighted by atomic mass is 16.7. The number of carbonyl (C=O) groups excluding carboxylic acids is 1. The molecule has 0 saturated heterocycles. The van der Waals surface area contributed by atoms with Gasteiger partial charge in [0.05, 0.1) is 47.2 Å². The second kappa shape index (κ2) is 10.6. The molecule has 0 aliphatic heterocycles. The van der Waals surface area contributed by atoms with E-state index in [2.05, 4.69) is 21.5 Å². The first-order valence-electron chi connectivity index (χ1n) is 11.4. The summed E-state index contributed by atoms with van der Waals surface area (Å²) in [5, 5.41) is 16.7. The van der Waals surface area contributed by atoms with Crippen LogP contribution in [-0.2, 0) is 9.47 Å². The van der Waals surface area contributed by atoms with Crippen LogP contribution in [0, 0.1) is 31.1 Å². The highest BCUT2D eigenvalue weighted by Crippen LogP contribution is 2.37. The standard InChI is InChI=1S/C26H29N5O3/c1-17-4-8-21(9-5-17)31-18(2)23(15-29-31)26(32)30-20-7-10-24(28-14-20)22-12-19(13-27)6-11-25(22)34-16-33-3/h4-5,7-10,14-15,19,22,25H,6,11-12,16H2,1-3H3,(H,30,32). The Hall–Kier alpha value is -3.54. The van der Waals surface area contributed by atoms with E-state index in [0.717, 1.165) is 35.5 Å². The van der Waals surface area contributed by atoms with E-state index in [-0.39, 0.29) is 30.6 Å². The van der Waals surface area contributed by atoms with Gasteiger partial charge in [0.1, 0.15) is 6.79 Å². The van der Waals surface area contributed by atoms with E-state index >= 15 is 0 Å². The van der Waals surface area contributed by atoms with E-state index in [1.807, 2.05) is 50.2 Å². The average molecular weight is 460 g/mol. The number of aryl methyl sites for hydroxylation is 1. The molecule has 2 heterocycles. The van der Waals surface area contributed by atoms with Crippen molar-refractivity contribution in [1.29, 1.82) is 5.26 Å². The molecule has 1 aliphatic rings. The molecule has 34 heavy (non-hydrogen) atoms. The molecule has 2 aromatic heterocycles. The zero-order valence-corrected chi connectivity index (χ0v) is 19.7. The lowest BCUT2D eigenvalue weighted by Gasteiger charge is -2.33. The molecule has 8 heteroatoms. The second-order valence-corrected chi connectivity index (χ2v) is 8.67. The number of amides is 1. The first-order valence-corrected chi connectivity index (χ1v) is 11.4. The fourth-order valence-electron chi connectivity index (χ4n) is 4.40. The van der Waals surface area contributed by atoms with Crippen molar-refractivity contribution in [3.63, 3.8) is 0 Å². The normalized spacial score (nSPS) is 20.0. The van der Waals surface area contributed by atoms with E-state index in [0.29, 0.717) is 17.7 Å². The summed E-state index contributed by atoms with van der Waals surface area (Å²) in [5.74, 6) is -0.246. The molecule has 3 unspecified atom stereocenters. The molecule has 4 rings (SSSR count). The van der Waals surface area contributed by atoms with Crippen molar-refractivity contribution in [2.24, 2.45) is 5.92 Å². The van der Waals surface area contributed by atoms with Crippen LogP contribution in [0.3, 0.4) is 0 Å². The van der Waals surface area contributed by atoms with Crippen molar-refractivity contribution in [3.05, 3.63) is 71.3 Å². The first kappa shape index (κ1) is 23.6. The molecule has 1 aliphatic carbocycles. The van der Waals surface area contributed by atoms with Gasteiger partial charge < -0.3 is 14.8 Å². The molecule has 0 bridgehead atoms. The van der Waals surface area contributed by atoms with Crippen LogP contribution >= 0.6 is 0 Å². The minimum Gasteiger partial charge on any atom is -0.359 e. The van der Waals surface area contributed by atoms with Crippen LogP contribution in [0.5, 0.6) is 0 Å². The summed E-state index contributed by atoms with van der Waals surface area (Å²) < 4.78 is 12.7.